The zero-order valence-electron chi connectivity index (χ0n) is 23.8. The van der Waals surface area contributed by atoms with Crippen molar-refractivity contribution in [3.63, 3.8) is 0 Å². The lowest BCUT2D eigenvalue weighted by Gasteiger charge is -2.22. The average molecular weight is 514 g/mol. The highest BCUT2D eigenvalue weighted by Gasteiger charge is 2.42. The summed E-state index contributed by atoms with van der Waals surface area (Å²) in [6.07, 6.45) is 8.16. The molecule has 202 valence electrons. The molecule has 4 nitrogen and oxygen atoms in total. The van der Waals surface area contributed by atoms with Crippen molar-refractivity contribution in [3.8, 4) is 5.75 Å². The van der Waals surface area contributed by atoms with E-state index in [9.17, 15) is 4.79 Å². The molecule has 0 atom stereocenters. The Bertz CT molecular complexity index is 1260. The van der Waals surface area contributed by atoms with Gasteiger partial charge in [0.1, 0.15) is 5.75 Å². The molecule has 0 spiro atoms. The fourth-order valence-corrected chi connectivity index (χ4v) is 5.72. The number of rotatable bonds is 7. The van der Waals surface area contributed by atoms with Crippen molar-refractivity contribution in [1.82, 2.24) is 0 Å². The monoisotopic (exact) mass is 513 g/mol. The van der Waals surface area contributed by atoms with Crippen molar-refractivity contribution >= 4 is 23.3 Å². The van der Waals surface area contributed by atoms with Gasteiger partial charge in [0.05, 0.1) is 5.56 Å². The fourth-order valence-electron chi connectivity index (χ4n) is 5.72. The number of carboxylic acids is 1. The number of carbonyl (C=O) groups is 1. The minimum atomic E-state index is -0.885. The van der Waals surface area contributed by atoms with Crippen molar-refractivity contribution in [2.75, 3.05) is 5.73 Å². The van der Waals surface area contributed by atoms with Crippen LogP contribution in [0.4, 0.5) is 5.69 Å². The SMILES string of the molecule is CCCCCc1cc2c(cc1/C(C)=C/c1ccc(C(=O)O)cc1)C(C)(C)CC2(C)C.Nc1ccc(O)cc1. The van der Waals surface area contributed by atoms with Gasteiger partial charge in [0, 0.05) is 5.69 Å². The third kappa shape index (κ3) is 7.06. The number of nitrogen functional groups attached to an aromatic ring is 1. The summed E-state index contributed by atoms with van der Waals surface area (Å²) in [4.78, 5) is 11.1. The lowest BCUT2D eigenvalue weighted by molar-refractivity contribution is 0.0697. The van der Waals surface area contributed by atoms with E-state index >= 15 is 0 Å². The van der Waals surface area contributed by atoms with Crippen LogP contribution in [-0.2, 0) is 17.3 Å². The molecule has 0 bridgehead atoms. The highest BCUT2D eigenvalue weighted by Crippen LogP contribution is 2.50. The van der Waals surface area contributed by atoms with Crippen LogP contribution < -0.4 is 5.73 Å². The van der Waals surface area contributed by atoms with E-state index in [4.69, 9.17) is 15.9 Å². The summed E-state index contributed by atoms with van der Waals surface area (Å²) in [7, 11) is 0. The van der Waals surface area contributed by atoms with Gasteiger partial charge < -0.3 is 15.9 Å². The molecule has 0 saturated carbocycles. The Morgan fingerprint density at radius 2 is 1.50 bits per heavy atom. The van der Waals surface area contributed by atoms with E-state index in [-0.39, 0.29) is 16.6 Å². The standard InChI is InChI=1S/C28H36O2.C6H7NO/c1-7-8-9-10-22-16-24-25(28(5,6)18-27(24,3)4)17-23(22)19(2)15-20-11-13-21(14-12-20)26(29)30;7-5-1-3-6(8)4-2-5/h11-17H,7-10,18H2,1-6H3,(H,29,30);1-4,8H,7H2/b19-15+;. The molecule has 1 aliphatic rings. The molecule has 0 radical (unpaired) electrons. The van der Waals surface area contributed by atoms with E-state index in [0.29, 0.717) is 11.3 Å². The molecule has 4 rings (SSSR count). The van der Waals surface area contributed by atoms with E-state index in [0.717, 1.165) is 12.0 Å². The van der Waals surface area contributed by atoms with Crippen LogP contribution in [0.15, 0.2) is 60.7 Å². The smallest absolute Gasteiger partial charge is 0.335 e. The maximum Gasteiger partial charge on any atom is 0.335 e. The van der Waals surface area contributed by atoms with Gasteiger partial charge in [0.15, 0.2) is 0 Å². The number of unbranched alkanes of at least 4 members (excludes halogenated alkanes) is 2. The van der Waals surface area contributed by atoms with Crippen molar-refractivity contribution in [1.29, 1.82) is 0 Å². The van der Waals surface area contributed by atoms with E-state index in [2.05, 4.69) is 59.8 Å². The minimum absolute atomic E-state index is 0.180. The first-order valence-corrected chi connectivity index (χ1v) is 13.6. The number of anilines is 1. The maximum atomic E-state index is 11.1. The van der Waals surface area contributed by atoms with Crippen LogP contribution in [0.2, 0.25) is 0 Å². The Kier molecular flexibility index (Phi) is 9.09. The number of hydrogen-bond acceptors (Lipinski definition) is 3. The number of aromatic hydroxyl groups is 1. The molecule has 0 fully saturated rings. The summed E-state index contributed by atoms with van der Waals surface area (Å²) in [6.45, 7) is 13.9. The number of phenolic OH excluding ortho intramolecular Hbond substituents is 1. The number of allylic oxidation sites excluding steroid dienone is 1. The lowest BCUT2D eigenvalue weighted by Crippen LogP contribution is -2.18. The predicted molar refractivity (Wildman–Crippen MR) is 160 cm³/mol. The van der Waals surface area contributed by atoms with Crippen LogP contribution in [0.5, 0.6) is 5.75 Å². The van der Waals surface area contributed by atoms with Crippen LogP contribution in [0.25, 0.3) is 11.6 Å². The molecule has 3 aromatic carbocycles. The molecule has 4 heteroatoms. The van der Waals surface area contributed by atoms with E-state index in [1.54, 1.807) is 36.4 Å². The van der Waals surface area contributed by atoms with Crippen LogP contribution in [0.1, 0.15) is 105 Å². The summed E-state index contributed by atoms with van der Waals surface area (Å²) >= 11 is 0. The number of aromatic carboxylic acids is 1. The van der Waals surface area contributed by atoms with Crippen molar-refractivity contribution < 1.29 is 15.0 Å². The number of benzene rings is 3. The Morgan fingerprint density at radius 1 is 0.921 bits per heavy atom. The van der Waals surface area contributed by atoms with Crippen molar-refractivity contribution in [2.45, 2.75) is 84.5 Å². The maximum absolute atomic E-state index is 11.1. The molecular formula is C34H43NO3. The summed E-state index contributed by atoms with van der Waals surface area (Å²) in [5.41, 5.74) is 14.8. The van der Waals surface area contributed by atoms with Crippen LogP contribution in [-0.4, -0.2) is 16.2 Å². The van der Waals surface area contributed by atoms with Gasteiger partial charge in [-0.15, -0.1) is 0 Å². The number of nitrogens with two attached hydrogens (primary N) is 1. The lowest BCUT2D eigenvalue weighted by atomic mass is 9.82. The molecule has 0 aromatic heterocycles. The van der Waals surface area contributed by atoms with Crippen LogP contribution >= 0.6 is 0 Å². The molecule has 1 aliphatic carbocycles. The molecule has 0 amide bonds. The van der Waals surface area contributed by atoms with E-state index in [1.165, 1.54) is 53.5 Å². The quantitative estimate of drug-likeness (QED) is 0.128. The van der Waals surface area contributed by atoms with E-state index in [1.807, 2.05) is 12.1 Å². The zero-order valence-corrected chi connectivity index (χ0v) is 23.8. The Balaban J connectivity index is 0.000000427. The first-order valence-electron chi connectivity index (χ1n) is 13.6. The highest BCUT2D eigenvalue weighted by molar-refractivity contribution is 5.88. The first kappa shape index (κ1) is 29.0. The van der Waals surface area contributed by atoms with Gasteiger partial charge in [-0.05, 0) is 107 Å². The molecule has 3 aromatic rings. The van der Waals surface area contributed by atoms with Gasteiger partial charge in [-0.3, -0.25) is 0 Å². The molecule has 0 saturated heterocycles. The molecular weight excluding hydrogens is 470 g/mol. The van der Waals surface area contributed by atoms with Gasteiger partial charge in [-0.25, -0.2) is 4.79 Å². The van der Waals surface area contributed by atoms with E-state index < -0.39 is 5.97 Å². The van der Waals surface area contributed by atoms with Crippen LogP contribution in [0, 0.1) is 0 Å². The number of aryl methyl sites for hydroxylation is 1. The topological polar surface area (TPSA) is 83.5 Å². The Morgan fingerprint density at radius 3 is 2.03 bits per heavy atom. The summed E-state index contributed by atoms with van der Waals surface area (Å²) in [6, 6.07) is 18.5. The van der Waals surface area contributed by atoms with Gasteiger partial charge in [-0.2, -0.15) is 0 Å². The number of carboxylic acid groups (broad SMARTS) is 1. The predicted octanol–water partition coefficient (Wildman–Crippen LogP) is 8.61. The van der Waals surface area contributed by atoms with Gasteiger partial charge in [0.2, 0.25) is 0 Å². The van der Waals surface area contributed by atoms with Crippen molar-refractivity contribution in [2.24, 2.45) is 0 Å². The Hall–Kier alpha value is -3.53. The summed E-state index contributed by atoms with van der Waals surface area (Å²) < 4.78 is 0. The van der Waals surface area contributed by atoms with Crippen molar-refractivity contribution in [3.05, 3.63) is 94.0 Å². The molecule has 4 N–H and O–H groups in total. The second-order valence-corrected chi connectivity index (χ2v) is 11.8. The molecule has 0 unspecified atom stereocenters. The normalized spacial score (nSPS) is 15.4. The number of phenols is 1. The summed E-state index contributed by atoms with van der Waals surface area (Å²) in [5.74, 6) is -0.636. The Labute approximate surface area is 228 Å². The van der Waals surface area contributed by atoms with Gasteiger partial charge >= 0.3 is 5.97 Å². The second kappa shape index (κ2) is 11.9. The minimum Gasteiger partial charge on any atom is -0.508 e. The fraction of sp³-hybridized carbons (Fsp3) is 0.382. The third-order valence-corrected chi connectivity index (χ3v) is 7.49. The molecule has 0 aliphatic heterocycles. The molecule has 0 heterocycles. The third-order valence-electron chi connectivity index (χ3n) is 7.49. The average Bonchev–Trinajstić information content (AvgIpc) is 3.04. The largest absolute Gasteiger partial charge is 0.508 e. The first-order chi connectivity index (χ1) is 17.8. The van der Waals surface area contributed by atoms with Crippen LogP contribution in [0.3, 0.4) is 0 Å². The van der Waals surface area contributed by atoms with Gasteiger partial charge in [-0.1, -0.05) is 77.8 Å². The second-order valence-electron chi connectivity index (χ2n) is 11.8. The van der Waals surface area contributed by atoms with Gasteiger partial charge in [0.25, 0.3) is 0 Å². The number of fused-ring (bicyclic) bond motifs is 1. The summed E-state index contributed by atoms with van der Waals surface area (Å²) in [5, 5.41) is 17.8. The number of hydrogen-bond donors (Lipinski definition) is 3. The zero-order chi connectivity index (χ0) is 28.1. The highest BCUT2D eigenvalue weighted by atomic mass is 16.4. The molecule has 38 heavy (non-hydrogen) atoms.